The fourth-order valence-electron chi connectivity index (χ4n) is 1.75. The smallest absolute Gasteiger partial charge is 0.0845 e. The Morgan fingerprint density at radius 2 is 0.647 bits per heavy atom. The van der Waals surface area contributed by atoms with Gasteiger partial charge in [0.2, 0.25) is 0 Å². The minimum atomic E-state index is 0. The van der Waals surface area contributed by atoms with E-state index in [2.05, 4.69) is 48.6 Å². The zero-order chi connectivity index (χ0) is 11.3. The van der Waals surface area contributed by atoms with Crippen LogP contribution in [0.4, 0.5) is 0 Å². The largest absolute Gasteiger partial charge is 2.00 e. The molecule has 2 rings (SSSR count). The molecule has 2 aliphatic carbocycles. The van der Waals surface area contributed by atoms with Crippen LogP contribution in [0.5, 0.6) is 0 Å². The molecule has 0 atom stereocenters. The van der Waals surface area contributed by atoms with Crippen molar-refractivity contribution in [3.63, 3.8) is 0 Å². The molecule has 0 saturated heterocycles. The molecule has 0 aliphatic heterocycles. The van der Waals surface area contributed by atoms with Crippen LogP contribution in [0.1, 0.15) is 51.4 Å². The molecular weight excluding hydrogens is 299 g/mol. The molecule has 0 radical (unpaired) electrons. The van der Waals surface area contributed by atoms with E-state index in [0.717, 1.165) is 0 Å². The summed E-state index contributed by atoms with van der Waals surface area (Å²) >= 11 is 0. The molecule has 0 heterocycles. The number of hydrogen-bond donors (Lipinski definition) is 0. The molecule has 0 aromatic rings. The fourth-order valence-corrected chi connectivity index (χ4v) is 1.75. The zero-order valence-electron chi connectivity index (χ0n) is 10.6. The van der Waals surface area contributed by atoms with Crippen molar-refractivity contribution in [1.82, 2.24) is 0 Å². The van der Waals surface area contributed by atoms with E-state index >= 15 is 0 Å². The Labute approximate surface area is 120 Å². The summed E-state index contributed by atoms with van der Waals surface area (Å²) in [7, 11) is 0. The molecule has 0 aromatic heterocycles. The van der Waals surface area contributed by atoms with Crippen LogP contribution in [-0.4, -0.2) is 0 Å². The molecule has 0 N–H and O–H groups in total. The van der Waals surface area contributed by atoms with E-state index in [9.17, 15) is 0 Å². The van der Waals surface area contributed by atoms with Crippen molar-refractivity contribution in [3.05, 3.63) is 48.6 Å². The molecule has 0 nitrogen and oxygen atoms in total. The second kappa shape index (κ2) is 13.7. The molecule has 96 valence electrons. The molecule has 0 bridgehead atoms. The van der Waals surface area contributed by atoms with Crippen LogP contribution in [0.15, 0.2) is 48.6 Å². The van der Waals surface area contributed by atoms with Crippen LogP contribution >= 0.6 is 0 Å². The summed E-state index contributed by atoms with van der Waals surface area (Å²) in [4.78, 5) is 0. The molecule has 0 saturated carbocycles. The molecule has 0 aromatic carbocycles. The van der Waals surface area contributed by atoms with Gasteiger partial charge in [-0.15, -0.1) is 0 Å². The Morgan fingerprint density at radius 1 is 0.412 bits per heavy atom. The average Bonchev–Trinajstić information content (AvgIpc) is 2.15. The van der Waals surface area contributed by atoms with Gasteiger partial charge in [-0.25, -0.2) is 0 Å². The summed E-state index contributed by atoms with van der Waals surface area (Å²) in [5, 5.41) is 0. The molecular formula is C16H24Pd+2. The Balaban J connectivity index is 0.000000284. The van der Waals surface area contributed by atoms with E-state index < -0.39 is 0 Å². The van der Waals surface area contributed by atoms with Crippen molar-refractivity contribution >= 4 is 0 Å². The standard InChI is InChI=1S/2C8H12.Pd/c2*1-2-4-6-8-7-5-3-1;/h2*1-4H,5-8H2;/q;;+2/b2*3-1-,4-2-;. The summed E-state index contributed by atoms with van der Waals surface area (Å²) in [6.07, 6.45) is 28.0. The summed E-state index contributed by atoms with van der Waals surface area (Å²) in [6.45, 7) is 0. The third kappa shape index (κ3) is 11.9. The van der Waals surface area contributed by atoms with Crippen LogP contribution < -0.4 is 0 Å². The zero-order valence-corrected chi connectivity index (χ0v) is 12.1. The number of allylic oxidation sites excluding steroid dienone is 8. The third-order valence-electron chi connectivity index (χ3n) is 2.75. The first-order valence-electron chi connectivity index (χ1n) is 6.63. The average molecular weight is 323 g/mol. The van der Waals surface area contributed by atoms with Crippen molar-refractivity contribution < 1.29 is 20.4 Å². The van der Waals surface area contributed by atoms with E-state index in [-0.39, 0.29) is 20.4 Å². The van der Waals surface area contributed by atoms with Crippen LogP contribution in [-0.2, 0) is 20.4 Å². The van der Waals surface area contributed by atoms with Crippen LogP contribution in [0.2, 0.25) is 0 Å². The Bertz CT molecular complexity index is 203. The molecule has 0 amide bonds. The molecule has 17 heavy (non-hydrogen) atoms. The van der Waals surface area contributed by atoms with Gasteiger partial charge in [-0.3, -0.25) is 0 Å². The predicted molar refractivity (Wildman–Crippen MR) is 73.5 cm³/mol. The van der Waals surface area contributed by atoms with Gasteiger partial charge in [0.15, 0.2) is 0 Å². The molecule has 0 unspecified atom stereocenters. The molecule has 0 fully saturated rings. The van der Waals surface area contributed by atoms with Crippen LogP contribution in [0.3, 0.4) is 0 Å². The number of rotatable bonds is 0. The van der Waals surface area contributed by atoms with E-state index in [0.29, 0.717) is 0 Å². The van der Waals surface area contributed by atoms with Crippen molar-refractivity contribution in [1.29, 1.82) is 0 Å². The Hall–Kier alpha value is -0.378. The van der Waals surface area contributed by atoms with Gasteiger partial charge >= 0.3 is 20.4 Å². The van der Waals surface area contributed by atoms with Gasteiger partial charge in [0.25, 0.3) is 0 Å². The summed E-state index contributed by atoms with van der Waals surface area (Å²) in [6, 6.07) is 0. The van der Waals surface area contributed by atoms with Crippen molar-refractivity contribution in [3.8, 4) is 0 Å². The van der Waals surface area contributed by atoms with Gasteiger partial charge in [-0.2, -0.15) is 0 Å². The van der Waals surface area contributed by atoms with Crippen molar-refractivity contribution in [2.24, 2.45) is 0 Å². The first kappa shape index (κ1) is 16.6. The van der Waals surface area contributed by atoms with Gasteiger partial charge in [0, 0.05) is 0 Å². The SMILES string of the molecule is C1=C\CCCC\C=C/1.C1=C\CCCC\C=C/1.[Pd+2]. The van der Waals surface area contributed by atoms with Crippen molar-refractivity contribution in [2.45, 2.75) is 51.4 Å². The Kier molecular flexibility index (Phi) is 13.4. The third-order valence-corrected chi connectivity index (χ3v) is 2.75. The fraction of sp³-hybridized carbons (Fsp3) is 0.500. The van der Waals surface area contributed by atoms with E-state index in [1.54, 1.807) is 0 Å². The monoisotopic (exact) mass is 322 g/mol. The Morgan fingerprint density at radius 3 is 0.882 bits per heavy atom. The minimum Gasteiger partial charge on any atom is -0.0845 e. The van der Waals surface area contributed by atoms with Crippen molar-refractivity contribution in [2.75, 3.05) is 0 Å². The topological polar surface area (TPSA) is 0 Å². The normalized spacial score (nSPS) is 26.4. The van der Waals surface area contributed by atoms with Gasteiger partial charge in [0.05, 0.1) is 0 Å². The maximum Gasteiger partial charge on any atom is 2.00 e. The van der Waals surface area contributed by atoms with Gasteiger partial charge < -0.3 is 0 Å². The maximum absolute atomic E-state index is 2.23. The second-order valence-electron chi connectivity index (χ2n) is 4.28. The van der Waals surface area contributed by atoms with Crippen LogP contribution in [0, 0.1) is 0 Å². The molecule has 1 heteroatoms. The van der Waals surface area contributed by atoms with Gasteiger partial charge in [-0.1, -0.05) is 48.6 Å². The van der Waals surface area contributed by atoms with E-state index in [4.69, 9.17) is 0 Å². The molecule has 0 spiro atoms. The minimum absolute atomic E-state index is 0. The first-order valence-corrected chi connectivity index (χ1v) is 6.63. The molecule has 2 aliphatic rings. The van der Waals surface area contributed by atoms with Crippen LogP contribution in [0.25, 0.3) is 0 Å². The van der Waals surface area contributed by atoms with Gasteiger partial charge in [-0.05, 0) is 51.4 Å². The first-order chi connectivity index (χ1) is 8.00. The second-order valence-corrected chi connectivity index (χ2v) is 4.28. The summed E-state index contributed by atoms with van der Waals surface area (Å²) in [5.41, 5.74) is 0. The predicted octanol–water partition coefficient (Wildman–Crippen LogP) is 5.34. The quantitative estimate of drug-likeness (QED) is 0.528. The number of hydrogen-bond acceptors (Lipinski definition) is 0. The van der Waals surface area contributed by atoms with E-state index in [1.807, 2.05) is 0 Å². The van der Waals surface area contributed by atoms with Gasteiger partial charge in [0.1, 0.15) is 0 Å². The summed E-state index contributed by atoms with van der Waals surface area (Å²) in [5.74, 6) is 0. The maximum atomic E-state index is 2.23. The van der Waals surface area contributed by atoms with E-state index in [1.165, 1.54) is 51.4 Å². The summed E-state index contributed by atoms with van der Waals surface area (Å²) < 4.78 is 0.